The zero-order chi connectivity index (χ0) is 14.0. The van der Waals surface area contributed by atoms with Crippen molar-refractivity contribution in [3.63, 3.8) is 0 Å². The van der Waals surface area contributed by atoms with Crippen LogP contribution in [0.5, 0.6) is 0 Å². The SMILES string of the molecule is Cc1cc(F)c(Br)cc1NCc1cc(F)cc(Cl)c1. The molecule has 0 unspecified atom stereocenters. The zero-order valence-electron chi connectivity index (χ0n) is 10.1. The summed E-state index contributed by atoms with van der Waals surface area (Å²) in [5.41, 5.74) is 2.29. The van der Waals surface area contributed by atoms with Crippen molar-refractivity contribution in [3.05, 3.63) is 62.6 Å². The van der Waals surface area contributed by atoms with E-state index >= 15 is 0 Å². The molecule has 100 valence electrons. The molecule has 2 rings (SSSR count). The summed E-state index contributed by atoms with van der Waals surface area (Å²) in [5.74, 6) is -0.682. The number of halogens is 4. The van der Waals surface area contributed by atoms with Crippen LogP contribution >= 0.6 is 27.5 Å². The Hall–Kier alpha value is -1.13. The van der Waals surface area contributed by atoms with E-state index < -0.39 is 0 Å². The molecule has 0 radical (unpaired) electrons. The van der Waals surface area contributed by atoms with E-state index in [1.165, 1.54) is 18.2 Å². The molecule has 0 spiro atoms. The maximum atomic E-state index is 13.3. The third-order valence-corrected chi connectivity index (χ3v) is 3.50. The molecular weight excluding hydrogens is 336 g/mol. The van der Waals surface area contributed by atoms with Crippen molar-refractivity contribution in [2.45, 2.75) is 13.5 Å². The molecule has 0 atom stereocenters. The first-order valence-electron chi connectivity index (χ1n) is 5.60. The number of hydrogen-bond donors (Lipinski definition) is 1. The minimum absolute atomic E-state index is 0.308. The van der Waals surface area contributed by atoms with Crippen molar-refractivity contribution >= 4 is 33.2 Å². The Kier molecular flexibility index (Phi) is 4.42. The molecule has 1 nitrogen and oxygen atoms in total. The van der Waals surface area contributed by atoms with Crippen LogP contribution in [0.3, 0.4) is 0 Å². The third-order valence-electron chi connectivity index (χ3n) is 2.67. The highest BCUT2D eigenvalue weighted by Crippen LogP contribution is 2.25. The standard InChI is InChI=1S/C14H11BrClF2N/c1-8-2-13(18)12(15)6-14(8)19-7-9-3-10(16)5-11(17)4-9/h2-6,19H,7H2,1H3. The van der Waals surface area contributed by atoms with Gasteiger partial charge in [-0.15, -0.1) is 0 Å². The van der Waals surface area contributed by atoms with Gasteiger partial charge in [0.15, 0.2) is 0 Å². The average molecular weight is 347 g/mol. The van der Waals surface area contributed by atoms with Gasteiger partial charge in [0.05, 0.1) is 4.47 Å². The summed E-state index contributed by atoms with van der Waals surface area (Å²) in [4.78, 5) is 0. The van der Waals surface area contributed by atoms with Gasteiger partial charge in [-0.1, -0.05) is 11.6 Å². The molecule has 1 N–H and O–H groups in total. The first-order chi connectivity index (χ1) is 8.95. The minimum atomic E-state index is -0.374. The molecule has 2 aromatic rings. The molecule has 0 heterocycles. The van der Waals surface area contributed by atoms with Crippen LogP contribution in [0.2, 0.25) is 5.02 Å². The molecule has 0 aliphatic rings. The van der Waals surface area contributed by atoms with Crippen molar-refractivity contribution in [3.8, 4) is 0 Å². The predicted octanol–water partition coefficient (Wildman–Crippen LogP) is 5.30. The molecular formula is C14H11BrClF2N. The molecule has 0 saturated heterocycles. The monoisotopic (exact) mass is 345 g/mol. The Morgan fingerprint density at radius 1 is 1.16 bits per heavy atom. The number of hydrogen-bond acceptors (Lipinski definition) is 1. The van der Waals surface area contributed by atoms with E-state index in [0.717, 1.165) is 16.8 Å². The Bertz CT molecular complexity index is 596. The number of aryl methyl sites for hydroxylation is 1. The Morgan fingerprint density at radius 2 is 1.89 bits per heavy atom. The highest BCUT2D eigenvalue weighted by atomic mass is 79.9. The molecule has 2 aromatic carbocycles. The van der Waals surface area contributed by atoms with Gasteiger partial charge in [-0.2, -0.15) is 0 Å². The largest absolute Gasteiger partial charge is 0.381 e. The van der Waals surface area contributed by atoms with Crippen molar-refractivity contribution < 1.29 is 8.78 Å². The molecule has 0 aliphatic heterocycles. The van der Waals surface area contributed by atoms with E-state index in [9.17, 15) is 8.78 Å². The topological polar surface area (TPSA) is 12.0 Å². The zero-order valence-corrected chi connectivity index (χ0v) is 12.4. The van der Waals surface area contributed by atoms with Crippen LogP contribution in [-0.2, 0) is 6.54 Å². The molecule has 0 fully saturated rings. The second-order valence-electron chi connectivity index (χ2n) is 4.21. The van der Waals surface area contributed by atoms with Gasteiger partial charge in [-0.3, -0.25) is 0 Å². The highest BCUT2D eigenvalue weighted by molar-refractivity contribution is 9.10. The van der Waals surface area contributed by atoms with Crippen LogP contribution < -0.4 is 5.32 Å². The summed E-state index contributed by atoms with van der Waals surface area (Å²) in [6.07, 6.45) is 0. The number of nitrogens with one attached hydrogen (secondary N) is 1. The first kappa shape index (κ1) is 14.3. The van der Waals surface area contributed by atoms with Gasteiger partial charge in [0.1, 0.15) is 11.6 Å². The van der Waals surface area contributed by atoms with Gasteiger partial charge in [0.25, 0.3) is 0 Å². The van der Waals surface area contributed by atoms with Crippen molar-refractivity contribution in [2.75, 3.05) is 5.32 Å². The Morgan fingerprint density at radius 3 is 2.58 bits per heavy atom. The first-order valence-corrected chi connectivity index (χ1v) is 6.77. The van der Waals surface area contributed by atoms with Crippen molar-refractivity contribution in [1.29, 1.82) is 0 Å². The molecule has 0 saturated carbocycles. The number of anilines is 1. The molecule has 0 amide bonds. The molecule has 5 heteroatoms. The molecule has 0 aromatic heterocycles. The van der Waals surface area contributed by atoms with E-state index in [-0.39, 0.29) is 11.6 Å². The van der Waals surface area contributed by atoms with Crippen LogP contribution in [0.4, 0.5) is 14.5 Å². The van der Waals surface area contributed by atoms with E-state index in [4.69, 9.17) is 11.6 Å². The normalized spacial score (nSPS) is 10.6. The number of rotatable bonds is 3. The Balaban J connectivity index is 2.16. The second kappa shape index (κ2) is 5.88. The quantitative estimate of drug-likeness (QED) is 0.795. The summed E-state index contributed by atoms with van der Waals surface area (Å²) < 4.78 is 26.9. The molecule has 0 aliphatic carbocycles. The summed E-state index contributed by atoms with van der Waals surface area (Å²) in [5, 5.41) is 3.49. The van der Waals surface area contributed by atoms with Gasteiger partial charge >= 0.3 is 0 Å². The minimum Gasteiger partial charge on any atom is -0.381 e. The van der Waals surface area contributed by atoms with Gasteiger partial charge in [0, 0.05) is 17.3 Å². The lowest BCUT2D eigenvalue weighted by Crippen LogP contribution is -2.02. The third kappa shape index (κ3) is 3.67. The smallest absolute Gasteiger partial charge is 0.137 e. The average Bonchev–Trinajstić information content (AvgIpc) is 2.31. The lowest BCUT2D eigenvalue weighted by Gasteiger charge is -2.11. The van der Waals surface area contributed by atoms with Crippen LogP contribution in [0.15, 0.2) is 34.8 Å². The highest BCUT2D eigenvalue weighted by Gasteiger charge is 2.06. The van der Waals surface area contributed by atoms with Gasteiger partial charge < -0.3 is 5.32 Å². The molecule has 0 bridgehead atoms. The van der Waals surface area contributed by atoms with Crippen LogP contribution in [0.25, 0.3) is 0 Å². The van der Waals surface area contributed by atoms with E-state index in [1.807, 2.05) is 0 Å². The maximum Gasteiger partial charge on any atom is 0.137 e. The second-order valence-corrected chi connectivity index (χ2v) is 5.50. The van der Waals surface area contributed by atoms with Crippen LogP contribution in [0.1, 0.15) is 11.1 Å². The van der Waals surface area contributed by atoms with E-state index in [1.54, 1.807) is 19.1 Å². The fourth-order valence-electron chi connectivity index (χ4n) is 1.75. The summed E-state index contributed by atoms with van der Waals surface area (Å²) in [6, 6.07) is 7.44. The number of benzene rings is 2. The van der Waals surface area contributed by atoms with Crippen molar-refractivity contribution in [2.24, 2.45) is 0 Å². The predicted molar refractivity (Wildman–Crippen MR) is 77.6 cm³/mol. The van der Waals surface area contributed by atoms with Gasteiger partial charge in [-0.25, -0.2) is 8.78 Å². The van der Waals surface area contributed by atoms with Crippen molar-refractivity contribution in [1.82, 2.24) is 0 Å². The van der Waals surface area contributed by atoms with Crippen LogP contribution in [-0.4, -0.2) is 0 Å². The van der Waals surface area contributed by atoms with Gasteiger partial charge in [-0.05, 0) is 64.3 Å². The summed E-state index contributed by atoms with van der Waals surface area (Å²) in [6.45, 7) is 2.22. The summed E-state index contributed by atoms with van der Waals surface area (Å²) >= 11 is 8.92. The maximum absolute atomic E-state index is 13.3. The Labute approximate surface area is 123 Å². The fourth-order valence-corrected chi connectivity index (χ4v) is 2.33. The lowest BCUT2D eigenvalue weighted by molar-refractivity contribution is 0.620. The molecule has 19 heavy (non-hydrogen) atoms. The van der Waals surface area contributed by atoms with Gasteiger partial charge in [0.2, 0.25) is 0 Å². The summed E-state index contributed by atoms with van der Waals surface area (Å²) in [7, 11) is 0. The van der Waals surface area contributed by atoms with Crippen LogP contribution in [0, 0.1) is 18.6 Å². The van der Waals surface area contributed by atoms with E-state index in [2.05, 4.69) is 21.2 Å². The lowest BCUT2D eigenvalue weighted by atomic mass is 10.1. The van der Waals surface area contributed by atoms with E-state index in [0.29, 0.717) is 16.0 Å². The fraction of sp³-hybridized carbons (Fsp3) is 0.143.